The summed E-state index contributed by atoms with van der Waals surface area (Å²) in [6.45, 7) is 0. The van der Waals surface area contributed by atoms with Crippen LogP contribution in [0.25, 0.3) is 10.7 Å². The van der Waals surface area contributed by atoms with E-state index in [0.717, 1.165) is 26.4 Å². The summed E-state index contributed by atoms with van der Waals surface area (Å²) in [5, 5.41) is 6.70. The number of thioether (sulfide) groups is 1. The van der Waals surface area contributed by atoms with Crippen molar-refractivity contribution < 1.29 is 0 Å². The predicted molar refractivity (Wildman–Crippen MR) is 70.5 cm³/mol. The Hall–Kier alpha value is -1.80. The number of rotatable bonds is 2. The first kappa shape index (κ1) is 10.2. The number of nitrogens with zero attached hydrogens (tertiary/aromatic N) is 3. The van der Waals surface area contributed by atoms with E-state index in [9.17, 15) is 0 Å². The normalized spacial score (nSPS) is 17.7. The molecule has 1 aliphatic rings. The second-order valence-corrected chi connectivity index (χ2v) is 5.86. The molecule has 0 bridgehead atoms. The Morgan fingerprint density at radius 1 is 1.11 bits per heavy atom. The Balaban J connectivity index is 1.63. The van der Waals surface area contributed by atoms with E-state index in [-0.39, 0.29) is 5.37 Å². The lowest BCUT2D eigenvalue weighted by Crippen LogP contribution is -2.00. The van der Waals surface area contributed by atoms with Gasteiger partial charge in [0.1, 0.15) is 20.4 Å². The molecule has 3 aromatic rings. The van der Waals surface area contributed by atoms with E-state index in [2.05, 4.69) is 30.2 Å². The average Bonchev–Trinajstić information content (AvgIpc) is 3.13. The molecule has 8 heteroatoms. The second kappa shape index (κ2) is 3.85. The van der Waals surface area contributed by atoms with E-state index >= 15 is 0 Å². The number of thiazole rings is 1. The van der Waals surface area contributed by atoms with Crippen molar-refractivity contribution in [1.29, 1.82) is 0 Å². The number of fused-ring (bicyclic) bond motifs is 1. The number of aromatic amines is 2. The highest BCUT2D eigenvalue weighted by Gasteiger charge is 2.28. The summed E-state index contributed by atoms with van der Waals surface area (Å²) < 4.78 is 0. The van der Waals surface area contributed by atoms with Crippen LogP contribution in [0.2, 0.25) is 0 Å². The summed E-state index contributed by atoms with van der Waals surface area (Å²) in [5.74, 6) is 0. The SMILES string of the molecule is c1ncc(-c2nc3c(s2)NC(c2cnc[nH]2)S3)[nH]1. The molecular weight excluding hydrogens is 268 g/mol. The van der Waals surface area contributed by atoms with Crippen molar-refractivity contribution in [1.82, 2.24) is 24.9 Å². The van der Waals surface area contributed by atoms with Crippen molar-refractivity contribution in [3.8, 4) is 10.7 Å². The van der Waals surface area contributed by atoms with Crippen LogP contribution in [-0.4, -0.2) is 24.9 Å². The number of hydrogen-bond acceptors (Lipinski definition) is 6. The van der Waals surface area contributed by atoms with Crippen LogP contribution in [0.5, 0.6) is 0 Å². The molecule has 4 rings (SSSR count). The summed E-state index contributed by atoms with van der Waals surface area (Å²) in [6.07, 6.45) is 6.96. The van der Waals surface area contributed by atoms with Crippen molar-refractivity contribution in [2.45, 2.75) is 10.4 Å². The van der Waals surface area contributed by atoms with Gasteiger partial charge in [-0.15, -0.1) is 0 Å². The highest BCUT2D eigenvalue weighted by molar-refractivity contribution is 8.00. The standard InChI is InChI=1S/C10H8N6S2/c1-5(13-3-11-1)7-15-9-10(17-7)16-8(18-9)6-2-12-4-14-6/h1-4,7,15H,(H,11,13)(H,12,14). The van der Waals surface area contributed by atoms with Crippen LogP contribution in [0.1, 0.15) is 11.1 Å². The maximum atomic E-state index is 4.61. The molecule has 1 atom stereocenters. The van der Waals surface area contributed by atoms with E-state index < -0.39 is 0 Å². The molecule has 0 aromatic carbocycles. The number of imidazole rings is 2. The summed E-state index contributed by atoms with van der Waals surface area (Å²) in [6, 6.07) is 0. The van der Waals surface area contributed by atoms with Crippen LogP contribution >= 0.6 is 23.1 Å². The van der Waals surface area contributed by atoms with Crippen LogP contribution in [0, 0.1) is 0 Å². The van der Waals surface area contributed by atoms with Gasteiger partial charge in [0.25, 0.3) is 0 Å². The first-order valence-electron chi connectivity index (χ1n) is 5.31. The smallest absolute Gasteiger partial charge is 0.144 e. The zero-order chi connectivity index (χ0) is 11.9. The van der Waals surface area contributed by atoms with Crippen molar-refractivity contribution in [3.05, 3.63) is 30.7 Å². The van der Waals surface area contributed by atoms with Crippen molar-refractivity contribution in [2.75, 3.05) is 5.32 Å². The highest BCUT2D eigenvalue weighted by Crippen LogP contribution is 2.49. The Bertz CT molecular complexity index is 633. The van der Waals surface area contributed by atoms with E-state index in [4.69, 9.17) is 0 Å². The lowest BCUT2D eigenvalue weighted by atomic mass is 10.5. The molecule has 6 nitrogen and oxygen atoms in total. The molecule has 0 aliphatic carbocycles. The fourth-order valence-electron chi connectivity index (χ4n) is 1.78. The minimum Gasteiger partial charge on any atom is -0.357 e. The van der Waals surface area contributed by atoms with Gasteiger partial charge in [0.2, 0.25) is 0 Å². The lowest BCUT2D eigenvalue weighted by Gasteiger charge is -2.06. The number of aromatic nitrogens is 5. The first-order valence-corrected chi connectivity index (χ1v) is 7.01. The van der Waals surface area contributed by atoms with Gasteiger partial charge in [-0.2, -0.15) is 0 Å². The molecule has 0 spiro atoms. The number of nitrogens with one attached hydrogen (secondary N) is 3. The Morgan fingerprint density at radius 2 is 2.00 bits per heavy atom. The molecule has 3 aromatic heterocycles. The predicted octanol–water partition coefficient (Wildman–Crippen LogP) is 2.47. The Kier molecular flexibility index (Phi) is 2.17. The van der Waals surface area contributed by atoms with Crippen LogP contribution < -0.4 is 5.32 Å². The maximum absolute atomic E-state index is 4.61. The number of hydrogen-bond donors (Lipinski definition) is 3. The van der Waals surface area contributed by atoms with Gasteiger partial charge in [0.15, 0.2) is 0 Å². The monoisotopic (exact) mass is 276 g/mol. The van der Waals surface area contributed by atoms with Gasteiger partial charge >= 0.3 is 0 Å². The van der Waals surface area contributed by atoms with Gasteiger partial charge in [-0.3, -0.25) is 0 Å². The lowest BCUT2D eigenvalue weighted by molar-refractivity contribution is 1.07. The fourth-order valence-corrected chi connectivity index (χ4v) is 4.01. The third kappa shape index (κ3) is 1.53. The summed E-state index contributed by atoms with van der Waals surface area (Å²) in [5.41, 5.74) is 2.02. The van der Waals surface area contributed by atoms with Crippen molar-refractivity contribution in [2.24, 2.45) is 0 Å². The van der Waals surface area contributed by atoms with Crippen LogP contribution in [0.15, 0.2) is 30.1 Å². The van der Waals surface area contributed by atoms with E-state index in [1.54, 1.807) is 42.0 Å². The minimum atomic E-state index is 0.178. The van der Waals surface area contributed by atoms with E-state index in [1.165, 1.54) is 0 Å². The molecule has 1 aliphatic heterocycles. The van der Waals surface area contributed by atoms with Crippen LogP contribution in [0.4, 0.5) is 5.00 Å². The quantitative estimate of drug-likeness (QED) is 0.670. The average molecular weight is 276 g/mol. The van der Waals surface area contributed by atoms with E-state index in [1.807, 2.05) is 6.20 Å². The zero-order valence-electron chi connectivity index (χ0n) is 9.04. The zero-order valence-corrected chi connectivity index (χ0v) is 10.7. The largest absolute Gasteiger partial charge is 0.357 e. The second-order valence-electron chi connectivity index (χ2n) is 3.77. The summed E-state index contributed by atoms with van der Waals surface area (Å²) in [4.78, 5) is 18.8. The number of H-pyrrole nitrogens is 2. The van der Waals surface area contributed by atoms with Crippen molar-refractivity contribution in [3.63, 3.8) is 0 Å². The summed E-state index contributed by atoms with van der Waals surface area (Å²) >= 11 is 3.33. The first-order chi connectivity index (χ1) is 8.90. The molecule has 0 radical (unpaired) electrons. The molecule has 18 heavy (non-hydrogen) atoms. The Morgan fingerprint density at radius 3 is 2.72 bits per heavy atom. The Labute approximate surface area is 110 Å². The minimum absolute atomic E-state index is 0.178. The van der Waals surface area contributed by atoms with Gasteiger partial charge in [-0.1, -0.05) is 23.1 Å². The van der Waals surface area contributed by atoms with Crippen LogP contribution in [0.3, 0.4) is 0 Å². The third-order valence-electron chi connectivity index (χ3n) is 2.62. The maximum Gasteiger partial charge on any atom is 0.144 e. The molecule has 0 saturated heterocycles. The van der Waals surface area contributed by atoms with E-state index in [0.29, 0.717) is 0 Å². The van der Waals surface area contributed by atoms with Crippen LogP contribution in [-0.2, 0) is 0 Å². The fraction of sp³-hybridized carbons (Fsp3) is 0.100. The van der Waals surface area contributed by atoms with Gasteiger partial charge in [0.05, 0.1) is 36.4 Å². The topological polar surface area (TPSA) is 82.3 Å². The molecular formula is C10H8N6S2. The number of anilines is 1. The molecule has 4 heterocycles. The van der Waals surface area contributed by atoms with Gasteiger partial charge in [-0.05, 0) is 0 Å². The molecule has 3 N–H and O–H groups in total. The molecule has 1 unspecified atom stereocenters. The summed E-state index contributed by atoms with van der Waals surface area (Å²) in [7, 11) is 0. The van der Waals surface area contributed by atoms with Gasteiger partial charge in [-0.25, -0.2) is 15.0 Å². The van der Waals surface area contributed by atoms with Gasteiger partial charge in [0, 0.05) is 0 Å². The molecule has 90 valence electrons. The molecule has 0 amide bonds. The highest BCUT2D eigenvalue weighted by atomic mass is 32.2. The van der Waals surface area contributed by atoms with Gasteiger partial charge < -0.3 is 15.3 Å². The van der Waals surface area contributed by atoms with Crippen molar-refractivity contribution >= 4 is 28.1 Å². The molecule has 0 saturated carbocycles. The molecule has 0 fully saturated rings. The third-order valence-corrected chi connectivity index (χ3v) is 4.89.